The van der Waals surface area contributed by atoms with Gasteiger partial charge in [0.1, 0.15) is 17.2 Å². The van der Waals surface area contributed by atoms with Gasteiger partial charge >= 0.3 is 0 Å². The first-order chi connectivity index (χ1) is 15.4. The van der Waals surface area contributed by atoms with Gasteiger partial charge in [0.25, 0.3) is 0 Å². The first-order valence-corrected chi connectivity index (χ1v) is 10.6. The minimum Gasteiger partial charge on any atom is -0.497 e. The fraction of sp³-hybridized carbons (Fsp3) is 0.417. The van der Waals surface area contributed by atoms with Crippen LogP contribution in [0.4, 0.5) is 5.69 Å². The van der Waals surface area contributed by atoms with Gasteiger partial charge in [-0.2, -0.15) is 0 Å². The molecule has 0 aliphatic carbocycles. The molecule has 0 saturated carbocycles. The molecule has 1 atom stereocenters. The van der Waals surface area contributed by atoms with Crippen molar-refractivity contribution in [3.05, 3.63) is 47.5 Å². The van der Waals surface area contributed by atoms with E-state index in [0.29, 0.717) is 11.4 Å². The number of rotatable bonds is 9. The number of carbonyl (C=O) groups excluding carboxylic acids is 2. The van der Waals surface area contributed by atoms with Crippen molar-refractivity contribution in [1.82, 2.24) is 10.2 Å². The third kappa shape index (κ3) is 5.70. The topological polar surface area (TPSA) is 89.1 Å². The summed E-state index contributed by atoms with van der Waals surface area (Å²) < 4.78 is 16.2. The molecule has 1 heterocycles. The van der Waals surface area contributed by atoms with E-state index in [-0.39, 0.29) is 30.9 Å². The summed E-state index contributed by atoms with van der Waals surface area (Å²) in [5, 5.41) is 5.51. The van der Waals surface area contributed by atoms with E-state index >= 15 is 0 Å². The molecule has 2 amide bonds. The predicted octanol–water partition coefficient (Wildman–Crippen LogP) is 2.91. The number of methoxy groups -OCH3 is 3. The largest absolute Gasteiger partial charge is 0.497 e. The van der Waals surface area contributed by atoms with Crippen LogP contribution in [0, 0.1) is 6.92 Å². The molecule has 2 aromatic rings. The molecule has 2 aromatic carbocycles. The van der Waals surface area contributed by atoms with Crippen molar-refractivity contribution >= 4 is 17.5 Å². The van der Waals surface area contributed by atoms with Crippen LogP contribution in [0.25, 0.3) is 0 Å². The van der Waals surface area contributed by atoms with Crippen molar-refractivity contribution in [2.45, 2.75) is 25.8 Å². The van der Waals surface area contributed by atoms with E-state index in [1.54, 1.807) is 27.4 Å². The highest BCUT2D eigenvalue weighted by Crippen LogP contribution is 2.38. The normalized spacial score (nSPS) is 15.8. The SMILES string of the molecule is COc1ccc(OC)c(C2CCCN2CC(=O)NCC(=O)Nc2cc(C)ccc2OC)c1. The molecule has 0 aromatic heterocycles. The molecule has 0 radical (unpaired) electrons. The van der Waals surface area contributed by atoms with E-state index in [2.05, 4.69) is 15.5 Å². The maximum Gasteiger partial charge on any atom is 0.243 e. The quantitative estimate of drug-likeness (QED) is 0.622. The highest BCUT2D eigenvalue weighted by atomic mass is 16.5. The van der Waals surface area contributed by atoms with Crippen LogP contribution in [0.1, 0.15) is 30.0 Å². The second-order valence-corrected chi connectivity index (χ2v) is 7.77. The zero-order valence-corrected chi connectivity index (χ0v) is 19.1. The summed E-state index contributed by atoms with van der Waals surface area (Å²) in [5.41, 5.74) is 2.58. The first-order valence-electron chi connectivity index (χ1n) is 10.6. The smallest absolute Gasteiger partial charge is 0.243 e. The summed E-state index contributed by atoms with van der Waals surface area (Å²) in [6.07, 6.45) is 1.90. The minimum atomic E-state index is -0.310. The van der Waals surface area contributed by atoms with Crippen molar-refractivity contribution in [2.75, 3.05) is 46.3 Å². The predicted molar refractivity (Wildman–Crippen MR) is 122 cm³/mol. The summed E-state index contributed by atoms with van der Waals surface area (Å²) in [7, 11) is 4.81. The maximum atomic E-state index is 12.6. The van der Waals surface area contributed by atoms with Crippen LogP contribution in [0.5, 0.6) is 17.2 Å². The van der Waals surface area contributed by atoms with Crippen molar-refractivity contribution in [3.63, 3.8) is 0 Å². The number of nitrogens with one attached hydrogen (secondary N) is 2. The number of amides is 2. The highest BCUT2D eigenvalue weighted by Gasteiger charge is 2.30. The van der Waals surface area contributed by atoms with Gasteiger partial charge in [0.2, 0.25) is 11.8 Å². The minimum absolute atomic E-state index is 0.0520. The lowest BCUT2D eigenvalue weighted by atomic mass is 10.0. The second-order valence-electron chi connectivity index (χ2n) is 7.77. The molecule has 32 heavy (non-hydrogen) atoms. The van der Waals surface area contributed by atoms with Crippen molar-refractivity contribution in [1.29, 1.82) is 0 Å². The number of anilines is 1. The number of benzene rings is 2. The number of ether oxygens (including phenoxy) is 3. The van der Waals surface area contributed by atoms with Crippen LogP contribution in [0.15, 0.2) is 36.4 Å². The van der Waals surface area contributed by atoms with E-state index < -0.39 is 0 Å². The molecule has 1 aliphatic heterocycles. The van der Waals surface area contributed by atoms with Crippen LogP contribution in [-0.4, -0.2) is 57.7 Å². The molecule has 1 fully saturated rings. The molecule has 3 rings (SSSR count). The van der Waals surface area contributed by atoms with E-state index in [1.807, 2.05) is 37.3 Å². The number of hydrogen-bond donors (Lipinski definition) is 2. The molecule has 8 heteroatoms. The van der Waals surface area contributed by atoms with Crippen molar-refractivity contribution < 1.29 is 23.8 Å². The van der Waals surface area contributed by atoms with Gasteiger partial charge in [0, 0.05) is 11.6 Å². The Morgan fingerprint density at radius 1 is 1.00 bits per heavy atom. The lowest BCUT2D eigenvalue weighted by Gasteiger charge is -2.26. The number of hydrogen-bond acceptors (Lipinski definition) is 6. The lowest BCUT2D eigenvalue weighted by molar-refractivity contribution is -0.125. The fourth-order valence-electron chi connectivity index (χ4n) is 4.00. The van der Waals surface area contributed by atoms with Gasteiger partial charge in [0.05, 0.1) is 40.1 Å². The Balaban J connectivity index is 1.58. The monoisotopic (exact) mass is 441 g/mol. The Bertz CT molecular complexity index is 963. The van der Waals surface area contributed by atoms with Gasteiger partial charge in [-0.1, -0.05) is 6.07 Å². The van der Waals surface area contributed by atoms with Gasteiger partial charge in [0.15, 0.2) is 0 Å². The molecule has 1 saturated heterocycles. The van der Waals surface area contributed by atoms with Crippen LogP contribution >= 0.6 is 0 Å². The maximum absolute atomic E-state index is 12.6. The average molecular weight is 442 g/mol. The fourth-order valence-corrected chi connectivity index (χ4v) is 4.00. The molecule has 1 unspecified atom stereocenters. The van der Waals surface area contributed by atoms with Gasteiger partial charge in [-0.15, -0.1) is 0 Å². The van der Waals surface area contributed by atoms with E-state index in [0.717, 1.165) is 42.0 Å². The number of carbonyl (C=O) groups is 2. The molecule has 2 N–H and O–H groups in total. The highest BCUT2D eigenvalue weighted by molar-refractivity contribution is 5.96. The molecule has 172 valence electrons. The zero-order valence-electron chi connectivity index (χ0n) is 19.1. The van der Waals surface area contributed by atoms with Gasteiger partial charge in [-0.05, 0) is 62.2 Å². The van der Waals surface area contributed by atoms with E-state index in [4.69, 9.17) is 14.2 Å². The molecule has 0 bridgehead atoms. The molecular weight excluding hydrogens is 410 g/mol. The Kier molecular flexibility index (Phi) is 7.94. The number of likely N-dealkylation sites (tertiary alicyclic amines) is 1. The molecule has 8 nitrogen and oxygen atoms in total. The summed E-state index contributed by atoms with van der Waals surface area (Å²) in [4.78, 5) is 27.0. The second kappa shape index (κ2) is 10.9. The summed E-state index contributed by atoms with van der Waals surface area (Å²) in [5.74, 6) is 1.58. The molecular formula is C24H31N3O5. The van der Waals surface area contributed by atoms with Crippen molar-refractivity contribution in [2.24, 2.45) is 0 Å². The van der Waals surface area contributed by atoms with Gasteiger partial charge < -0.3 is 24.8 Å². The number of nitrogens with zero attached hydrogens (tertiary/aromatic N) is 1. The Morgan fingerprint density at radius 2 is 1.75 bits per heavy atom. The third-order valence-electron chi connectivity index (χ3n) is 5.58. The van der Waals surface area contributed by atoms with E-state index in [1.165, 1.54) is 0 Å². The van der Waals surface area contributed by atoms with Gasteiger partial charge in [-0.25, -0.2) is 0 Å². The Hall–Kier alpha value is -3.26. The third-order valence-corrected chi connectivity index (χ3v) is 5.58. The van der Waals surface area contributed by atoms with Gasteiger partial charge in [-0.3, -0.25) is 14.5 Å². The average Bonchev–Trinajstić information content (AvgIpc) is 3.25. The molecule has 1 aliphatic rings. The Labute approximate surface area is 188 Å². The van der Waals surface area contributed by atoms with E-state index in [9.17, 15) is 9.59 Å². The molecule has 0 spiro atoms. The first kappa shape index (κ1) is 23.4. The van der Waals surface area contributed by atoms with Crippen LogP contribution in [-0.2, 0) is 9.59 Å². The zero-order chi connectivity index (χ0) is 23.1. The number of aryl methyl sites for hydroxylation is 1. The summed E-state index contributed by atoms with van der Waals surface area (Å²) in [6.45, 7) is 2.81. The van der Waals surface area contributed by atoms with Crippen LogP contribution < -0.4 is 24.8 Å². The van der Waals surface area contributed by atoms with Crippen LogP contribution in [0.3, 0.4) is 0 Å². The Morgan fingerprint density at radius 3 is 2.47 bits per heavy atom. The lowest BCUT2D eigenvalue weighted by Crippen LogP contribution is -2.40. The summed E-state index contributed by atoms with van der Waals surface area (Å²) in [6, 6.07) is 11.3. The van der Waals surface area contributed by atoms with Crippen LogP contribution in [0.2, 0.25) is 0 Å². The summed E-state index contributed by atoms with van der Waals surface area (Å²) >= 11 is 0. The standard InChI is InChI=1S/C24H31N3O5/c1-16-7-9-22(32-4)19(12-16)26-23(28)14-25-24(29)15-27-11-5-6-20(27)18-13-17(30-2)8-10-21(18)31-3/h7-10,12-13,20H,5-6,11,14-15H2,1-4H3,(H,25,29)(H,26,28). The van der Waals surface area contributed by atoms with Crippen molar-refractivity contribution in [3.8, 4) is 17.2 Å².